The van der Waals surface area contributed by atoms with E-state index in [-0.39, 0.29) is 18.9 Å². The van der Waals surface area contributed by atoms with Gasteiger partial charge in [-0.1, -0.05) is 18.2 Å². The summed E-state index contributed by atoms with van der Waals surface area (Å²) in [6.45, 7) is 0.165. The lowest BCUT2D eigenvalue weighted by Gasteiger charge is -2.05. The van der Waals surface area contributed by atoms with Crippen molar-refractivity contribution in [1.29, 1.82) is 0 Å². The average molecular weight is 236 g/mol. The highest BCUT2D eigenvalue weighted by molar-refractivity contribution is 5.77. The van der Waals surface area contributed by atoms with Crippen LogP contribution >= 0.6 is 0 Å². The third kappa shape index (κ3) is 5.01. The summed E-state index contributed by atoms with van der Waals surface area (Å²) in [5.74, 6) is -1.08. The maximum atomic E-state index is 11.4. The summed E-state index contributed by atoms with van der Waals surface area (Å²) < 4.78 is 0. The van der Waals surface area contributed by atoms with Crippen molar-refractivity contribution >= 4 is 17.6 Å². The molecule has 0 spiro atoms. The van der Waals surface area contributed by atoms with Crippen molar-refractivity contribution in [3.63, 3.8) is 0 Å². The van der Waals surface area contributed by atoms with Gasteiger partial charge in [0, 0.05) is 18.7 Å². The Morgan fingerprint density at radius 1 is 1.24 bits per heavy atom. The van der Waals surface area contributed by atoms with Gasteiger partial charge in [-0.05, 0) is 18.1 Å². The molecule has 1 aromatic rings. The number of nitrogen functional groups attached to an aromatic ring is 1. The number of rotatable bonds is 6. The molecular formula is C12H16N2O3. The number of para-hydroxylation sites is 1. The monoisotopic (exact) mass is 236 g/mol. The number of nitrogens with one attached hydrogen (secondary N) is 1. The van der Waals surface area contributed by atoms with Gasteiger partial charge >= 0.3 is 5.97 Å². The molecule has 0 aliphatic rings. The van der Waals surface area contributed by atoms with E-state index in [1.807, 2.05) is 18.2 Å². The van der Waals surface area contributed by atoms with Crippen molar-refractivity contribution in [3.8, 4) is 0 Å². The second-order valence-electron chi connectivity index (χ2n) is 3.69. The first-order valence-corrected chi connectivity index (χ1v) is 5.41. The molecule has 4 N–H and O–H groups in total. The average Bonchev–Trinajstić information content (AvgIpc) is 2.27. The lowest BCUT2D eigenvalue weighted by molar-refractivity contribution is -0.136. The number of carbonyl (C=O) groups excluding carboxylic acids is 1. The zero-order chi connectivity index (χ0) is 12.7. The molecular weight excluding hydrogens is 220 g/mol. The summed E-state index contributed by atoms with van der Waals surface area (Å²) in [5, 5.41) is 10.9. The van der Waals surface area contributed by atoms with Gasteiger partial charge in [-0.3, -0.25) is 9.59 Å². The Morgan fingerprint density at radius 3 is 2.59 bits per heavy atom. The van der Waals surface area contributed by atoms with Crippen LogP contribution in [0, 0.1) is 0 Å². The van der Waals surface area contributed by atoms with Crippen LogP contribution in [0.1, 0.15) is 18.4 Å². The largest absolute Gasteiger partial charge is 0.481 e. The molecule has 0 aromatic heterocycles. The molecule has 1 amide bonds. The van der Waals surface area contributed by atoms with Gasteiger partial charge in [0.25, 0.3) is 0 Å². The normalized spacial score (nSPS) is 9.88. The van der Waals surface area contributed by atoms with Crippen molar-refractivity contribution in [2.75, 3.05) is 12.3 Å². The van der Waals surface area contributed by atoms with Gasteiger partial charge in [0.2, 0.25) is 5.91 Å². The van der Waals surface area contributed by atoms with Crippen molar-refractivity contribution in [1.82, 2.24) is 5.32 Å². The Hall–Kier alpha value is -2.04. The molecule has 0 aliphatic heterocycles. The number of nitrogens with two attached hydrogens (primary N) is 1. The second kappa shape index (κ2) is 6.52. The summed E-state index contributed by atoms with van der Waals surface area (Å²) in [6.07, 6.45) is 0.818. The summed E-state index contributed by atoms with van der Waals surface area (Å²) in [5.41, 5.74) is 7.34. The van der Waals surface area contributed by atoms with Crippen molar-refractivity contribution in [2.24, 2.45) is 0 Å². The second-order valence-corrected chi connectivity index (χ2v) is 3.69. The lowest BCUT2D eigenvalue weighted by atomic mass is 10.1. The van der Waals surface area contributed by atoms with E-state index in [1.54, 1.807) is 6.07 Å². The first kappa shape index (κ1) is 13.0. The minimum Gasteiger partial charge on any atom is -0.481 e. The molecule has 1 rings (SSSR count). The number of hydrogen-bond donors (Lipinski definition) is 3. The van der Waals surface area contributed by atoms with Gasteiger partial charge in [-0.2, -0.15) is 0 Å². The molecule has 5 nitrogen and oxygen atoms in total. The van der Waals surface area contributed by atoms with Crippen LogP contribution < -0.4 is 11.1 Å². The van der Waals surface area contributed by atoms with Crippen LogP contribution in [0.5, 0.6) is 0 Å². The van der Waals surface area contributed by atoms with E-state index in [9.17, 15) is 9.59 Å². The molecule has 0 atom stereocenters. The number of carbonyl (C=O) groups is 2. The quantitative estimate of drug-likeness (QED) is 0.637. The molecule has 17 heavy (non-hydrogen) atoms. The number of carboxylic acid groups (broad SMARTS) is 1. The maximum Gasteiger partial charge on any atom is 0.305 e. The third-order valence-electron chi connectivity index (χ3n) is 2.34. The standard InChI is InChI=1S/C12H16N2O3/c13-10-4-2-1-3-9(10)5-6-11(15)14-8-7-12(16)17/h1-4H,5-8,13H2,(H,14,15)(H,16,17). The molecule has 1 aromatic carbocycles. The highest BCUT2D eigenvalue weighted by Crippen LogP contribution is 2.12. The molecule has 0 heterocycles. The smallest absolute Gasteiger partial charge is 0.305 e. The maximum absolute atomic E-state index is 11.4. The molecule has 0 radical (unpaired) electrons. The van der Waals surface area contributed by atoms with Crippen LogP contribution in [0.3, 0.4) is 0 Å². The lowest BCUT2D eigenvalue weighted by Crippen LogP contribution is -2.26. The number of anilines is 1. The van der Waals surface area contributed by atoms with Gasteiger partial charge in [-0.25, -0.2) is 0 Å². The van der Waals surface area contributed by atoms with Crippen LogP contribution in [0.2, 0.25) is 0 Å². The van der Waals surface area contributed by atoms with Crippen molar-refractivity contribution in [2.45, 2.75) is 19.3 Å². The molecule has 92 valence electrons. The highest BCUT2D eigenvalue weighted by atomic mass is 16.4. The zero-order valence-electron chi connectivity index (χ0n) is 9.48. The van der Waals surface area contributed by atoms with Crippen LogP contribution in [0.25, 0.3) is 0 Å². The van der Waals surface area contributed by atoms with Gasteiger partial charge in [-0.15, -0.1) is 0 Å². The van der Waals surface area contributed by atoms with Gasteiger partial charge in [0.1, 0.15) is 0 Å². The molecule has 0 unspecified atom stereocenters. The van der Waals surface area contributed by atoms with Crippen molar-refractivity contribution < 1.29 is 14.7 Å². The summed E-state index contributed by atoms with van der Waals surface area (Å²) in [7, 11) is 0. The fourth-order valence-electron chi connectivity index (χ4n) is 1.41. The molecule has 0 aliphatic carbocycles. The van der Waals surface area contributed by atoms with E-state index >= 15 is 0 Å². The Bertz CT molecular complexity index is 404. The predicted molar refractivity (Wildman–Crippen MR) is 64.4 cm³/mol. The summed E-state index contributed by atoms with van der Waals surface area (Å²) in [6, 6.07) is 7.37. The molecule has 0 saturated heterocycles. The highest BCUT2D eigenvalue weighted by Gasteiger charge is 2.04. The van der Waals surface area contributed by atoms with E-state index in [0.29, 0.717) is 18.5 Å². The molecule has 0 bridgehead atoms. The molecule has 0 saturated carbocycles. The Balaban J connectivity index is 2.29. The number of carboxylic acids is 1. The van der Waals surface area contributed by atoms with E-state index in [4.69, 9.17) is 10.8 Å². The number of aryl methyl sites for hydroxylation is 1. The Labute approximate surface area is 99.6 Å². The van der Waals surface area contributed by atoms with Gasteiger partial charge in [0.05, 0.1) is 6.42 Å². The number of aliphatic carboxylic acids is 1. The minimum absolute atomic E-state index is 0.0563. The van der Waals surface area contributed by atoms with Crippen LogP contribution in [0.4, 0.5) is 5.69 Å². The van der Waals surface area contributed by atoms with Crippen LogP contribution in [-0.2, 0) is 16.0 Å². The van der Waals surface area contributed by atoms with E-state index in [2.05, 4.69) is 5.32 Å². The van der Waals surface area contributed by atoms with E-state index < -0.39 is 5.97 Å². The Morgan fingerprint density at radius 2 is 1.94 bits per heavy atom. The fourth-order valence-corrected chi connectivity index (χ4v) is 1.41. The fraction of sp³-hybridized carbons (Fsp3) is 0.333. The minimum atomic E-state index is -0.919. The molecule has 0 fully saturated rings. The number of amides is 1. The van der Waals surface area contributed by atoms with Crippen LogP contribution in [-0.4, -0.2) is 23.5 Å². The third-order valence-corrected chi connectivity index (χ3v) is 2.34. The SMILES string of the molecule is Nc1ccccc1CCC(=O)NCCC(=O)O. The van der Waals surface area contributed by atoms with E-state index in [1.165, 1.54) is 0 Å². The van der Waals surface area contributed by atoms with Crippen LogP contribution in [0.15, 0.2) is 24.3 Å². The van der Waals surface area contributed by atoms with Crippen molar-refractivity contribution in [3.05, 3.63) is 29.8 Å². The van der Waals surface area contributed by atoms with E-state index in [0.717, 1.165) is 5.56 Å². The first-order valence-electron chi connectivity index (χ1n) is 5.41. The topological polar surface area (TPSA) is 92.4 Å². The predicted octanol–water partition coefficient (Wildman–Crippen LogP) is 0.792. The Kier molecular flexibility index (Phi) is 5.00. The zero-order valence-corrected chi connectivity index (χ0v) is 9.48. The summed E-state index contributed by atoms with van der Waals surface area (Å²) >= 11 is 0. The van der Waals surface area contributed by atoms with Gasteiger partial charge in [0.15, 0.2) is 0 Å². The summed E-state index contributed by atoms with van der Waals surface area (Å²) in [4.78, 5) is 21.6. The number of benzene rings is 1. The van der Waals surface area contributed by atoms with Gasteiger partial charge < -0.3 is 16.2 Å². The first-order chi connectivity index (χ1) is 8.09. The number of hydrogen-bond acceptors (Lipinski definition) is 3. The molecule has 5 heteroatoms.